The summed E-state index contributed by atoms with van der Waals surface area (Å²) in [6, 6.07) is 13.2. The molecule has 0 atom stereocenters. The normalized spacial score (nSPS) is 10.0. The van der Waals surface area contributed by atoms with E-state index in [1.807, 2.05) is 56.3 Å². The predicted octanol–water partition coefficient (Wildman–Crippen LogP) is 3.58. The molecule has 0 saturated heterocycles. The van der Waals surface area contributed by atoms with E-state index in [9.17, 15) is 0 Å². The molecule has 0 fully saturated rings. The molecule has 0 unspecified atom stereocenters. The third-order valence-electron chi connectivity index (χ3n) is 2.22. The maximum absolute atomic E-state index is 5.63. The molecule has 17 heavy (non-hydrogen) atoms. The van der Waals surface area contributed by atoms with Gasteiger partial charge in [0, 0.05) is 11.8 Å². The van der Waals surface area contributed by atoms with Gasteiger partial charge in [0.05, 0.1) is 6.61 Å². The van der Waals surface area contributed by atoms with E-state index in [4.69, 9.17) is 9.47 Å². The number of ether oxygens (including phenoxy) is 2. The zero-order valence-corrected chi connectivity index (χ0v) is 10.0. The summed E-state index contributed by atoms with van der Waals surface area (Å²) in [6.45, 7) is 4.56. The van der Waals surface area contributed by atoms with E-state index in [0.717, 1.165) is 17.2 Å². The average Bonchev–Trinajstić information content (AvgIpc) is 2.32. The Kier molecular flexibility index (Phi) is 3.60. The van der Waals surface area contributed by atoms with E-state index < -0.39 is 0 Å². The van der Waals surface area contributed by atoms with Gasteiger partial charge in [0.1, 0.15) is 11.5 Å². The van der Waals surface area contributed by atoms with Crippen LogP contribution in [0.3, 0.4) is 0 Å². The molecule has 2 aromatic rings. The zero-order chi connectivity index (χ0) is 12.1. The van der Waals surface area contributed by atoms with Gasteiger partial charge in [-0.25, -0.2) is 4.98 Å². The summed E-state index contributed by atoms with van der Waals surface area (Å²) < 4.78 is 11.0. The Morgan fingerprint density at radius 2 is 1.71 bits per heavy atom. The van der Waals surface area contributed by atoms with E-state index in [1.54, 1.807) is 0 Å². The van der Waals surface area contributed by atoms with Crippen LogP contribution in [-0.4, -0.2) is 11.6 Å². The van der Waals surface area contributed by atoms with Crippen molar-refractivity contribution >= 4 is 0 Å². The van der Waals surface area contributed by atoms with Crippen LogP contribution in [0.4, 0.5) is 0 Å². The molecule has 2 rings (SSSR count). The van der Waals surface area contributed by atoms with Crippen LogP contribution in [0.5, 0.6) is 17.4 Å². The minimum absolute atomic E-state index is 0.606. The molecule has 0 aliphatic carbocycles. The fourth-order valence-electron chi connectivity index (χ4n) is 1.47. The Morgan fingerprint density at radius 1 is 1.00 bits per heavy atom. The van der Waals surface area contributed by atoms with Crippen LogP contribution in [-0.2, 0) is 0 Å². The summed E-state index contributed by atoms with van der Waals surface area (Å²) in [5, 5.41) is 0. The first-order valence-electron chi connectivity index (χ1n) is 5.62. The third kappa shape index (κ3) is 3.21. The molecule has 0 aliphatic rings. The summed E-state index contributed by atoms with van der Waals surface area (Å²) in [7, 11) is 0. The fourth-order valence-corrected chi connectivity index (χ4v) is 1.47. The van der Waals surface area contributed by atoms with Crippen molar-refractivity contribution in [3.05, 3.63) is 48.2 Å². The van der Waals surface area contributed by atoms with E-state index in [1.165, 1.54) is 0 Å². The fraction of sp³-hybridized carbons (Fsp3) is 0.214. The monoisotopic (exact) mass is 229 g/mol. The molecule has 0 amide bonds. The van der Waals surface area contributed by atoms with Crippen molar-refractivity contribution < 1.29 is 9.47 Å². The van der Waals surface area contributed by atoms with Gasteiger partial charge >= 0.3 is 0 Å². The molecule has 1 aromatic heterocycles. The molecule has 0 bridgehead atoms. The first kappa shape index (κ1) is 11.5. The number of aromatic nitrogens is 1. The molecule has 3 heteroatoms. The molecule has 3 nitrogen and oxygen atoms in total. The summed E-state index contributed by atoms with van der Waals surface area (Å²) in [6.07, 6.45) is 0. The molecule has 0 radical (unpaired) electrons. The second-order valence-corrected chi connectivity index (χ2v) is 3.62. The molecular formula is C14H15NO2. The Hall–Kier alpha value is -2.03. The SMILES string of the molecule is CCOc1ccc(Oc2cccc(C)n2)cc1. The Morgan fingerprint density at radius 3 is 2.35 bits per heavy atom. The highest BCUT2D eigenvalue weighted by atomic mass is 16.5. The van der Waals surface area contributed by atoms with Crippen LogP contribution in [0.2, 0.25) is 0 Å². The van der Waals surface area contributed by atoms with Crippen molar-refractivity contribution in [1.29, 1.82) is 0 Å². The smallest absolute Gasteiger partial charge is 0.219 e. The number of hydrogen-bond acceptors (Lipinski definition) is 3. The predicted molar refractivity (Wildman–Crippen MR) is 66.7 cm³/mol. The lowest BCUT2D eigenvalue weighted by atomic mass is 10.3. The van der Waals surface area contributed by atoms with Gasteiger partial charge in [-0.15, -0.1) is 0 Å². The number of nitrogens with zero attached hydrogens (tertiary/aromatic N) is 1. The van der Waals surface area contributed by atoms with Gasteiger partial charge in [-0.3, -0.25) is 0 Å². The number of aryl methyl sites for hydroxylation is 1. The van der Waals surface area contributed by atoms with Gasteiger partial charge in [-0.2, -0.15) is 0 Å². The number of benzene rings is 1. The average molecular weight is 229 g/mol. The second kappa shape index (κ2) is 5.34. The quantitative estimate of drug-likeness (QED) is 0.803. The molecule has 0 saturated carbocycles. The van der Waals surface area contributed by atoms with E-state index in [2.05, 4.69) is 4.98 Å². The summed E-state index contributed by atoms with van der Waals surface area (Å²) in [5.74, 6) is 2.21. The Labute approximate surface area is 101 Å². The van der Waals surface area contributed by atoms with Crippen molar-refractivity contribution in [3.63, 3.8) is 0 Å². The minimum Gasteiger partial charge on any atom is -0.494 e. The second-order valence-electron chi connectivity index (χ2n) is 3.62. The third-order valence-corrected chi connectivity index (χ3v) is 2.22. The lowest BCUT2D eigenvalue weighted by Crippen LogP contribution is -1.92. The minimum atomic E-state index is 0.606. The number of pyridine rings is 1. The van der Waals surface area contributed by atoms with E-state index in [-0.39, 0.29) is 0 Å². The molecule has 88 valence electrons. The number of hydrogen-bond donors (Lipinski definition) is 0. The first-order chi connectivity index (χ1) is 8.28. The Bertz CT molecular complexity index is 480. The van der Waals surface area contributed by atoms with Gasteiger partial charge in [-0.1, -0.05) is 6.07 Å². The van der Waals surface area contributed by atoms with Crippen LogP contribution in [0.1, 0.15) is 12.6 Å². The van der Waals surface area contributed by atoms with Gasteiger partial charge in [0.2, 0.25) is 5.88 Å². The summed E-state index contributed by atoms with van der Waals surface area (Å²) >= 11 is 0. The standard InChI is InChI=1S/C14H15NO2/c1-3-16-12-7-9-13(10-8-12)17-14-6-4-5-11(2)15-14/h4-10H,3H2,1-2H3. The molecule has 1 aromatic carbocycles. The summed E-state index contributed by atoms with van der Waals surface area (Å²) in [4.78, 5) is 4.27. The molecule has 0 aliphatic heterocycles. The zero-order valence-electron chi connectivity index (χ0n) is 10.0. The van der Waals surface area contributed by atoms with Crippen LogP contribution >= 0.6 is 0 Å². The van der Waals surface area contributed by atoms with Crippen molar-refractivity contribution in [2.24, 2.45) is 0 Å². The van der Waals surface area contributed by atoms with Crippen LogP contribution < -0.4 is 9.47 Å². The van der Waals surface area contributed by atoms with Gasteiger partial charge in [0.15, 0.2) is 0 Å². The van der Waals surface area contributed by atoms with Crippen molar-refractivity contribution in [3.8, 4) is 17.4 Å². The van der Waals surface area contributed by atoms with Gasteiger partial charge < -0.3 is 9.47 Å². The van der Waals surface area contributed by atoms with Crippen molar-refractivity contribution in [1.82, 2.24) is 4.98 Å². The van der Waals surface area contributed by atoms with E-state index in [0.29, 0.717) is 12.5 Å². The molecule has 0 spiro atoms. The van der Waals surface area contributed by atoms with Crippen LogP contribution in [0.15, 0.2) is 42.5 Å². The first-order valence-corrected chi connectivity index (χ1v) is 5.62. The maximum atomic E-state index is 5.63. The van der Waals surface area contributed by atoms with E-state index >= 15 is 0 Å². The van der Waals surface area contributed by atoms with Gasteiger partial charge in [-0.05, 0) is 44.2 Å². The molecule has 1 heterocycles. The highest BCUT2D eigenvalue weighted by Crippen LogP contribution is 2.22. The molecule has 0 N–H and O–H groups in total. The Balaban J connectivity index is 2.08. The van der Waals surface area contributed by atoms with Gasteiger partial charge in [0.25, 0.3) is 0 Å². The number of rotatable bonds is 4. The highest BCUT2D eigenvalue weighted by molar-refractivity contribution is 5.33. The van der Waals surface area contributed by atoms with Crippen molar-refractivity contribution in [2.45, 2.75) is 13.8 Å². The topological polar surface area (TPSA) is 31.4 Å². The summed E-state index contributed by atoms with van der Waals surface area (Å²) in [5.41, 5.74) is 0.938. The lowest BCUT2D eigenvalue weighted by molar-refractivity contribution is 0.339. The lowest BCUT2D eigenvalue weighted by Gasteiger charge is -2.06. The maximum Gasteiger partial charge on any atom is 0.219 e. The van der Waals surface area contributed by atoms with Crippen molar-refractivity contribution in [2.75, 3.05) is 6.61 Å². The van der Waals surface area contributed by atoms with Crippen LogP contribution in [0.25, 0.3) is 0 Å². The highest BCUT2D eigenvalue weighted by Gasteiger charge is 1.99. The van der Waals surface area contributed by atoms with Crippen LogP contribution in [0, 0.1) is 6.92 Å². The molecular weight excluding hydrogens is 214 g/mol. The largest absolute Gasteiger partial charge is 0.494 e.